The third-order valence-electron chi connectivity index (χ3n) is 4.65. The van der Waals surface area contributed by atoms with Gasteiger partial charge in [0.1, 0.15) is 0 Å². The first-order valence-corrected chi connectivity index (χ1v) is 10.7. The van der Waals surface area contributed by atoms with Crippen LogP contribution in [0.15, 0.2) is 42.5 Å². The smallest absolute Gasteiger partial charge is 0.262 e. The van der Waals surface area contributed by atoms with E-state index < -0.39 is 10.0 Å². The van der Waals surface area contributed by atoms with Gasteiger partial charge in [0.05, 0.1) is 12.9 Å². The van der Waals surface area contributed by atoms with Gasteiger partial charge in [0.25, 0.3) is 5.91 Å². The van der Waals surface area contributed by atoms with Gasteiger partial charge in [-0.15, -0.1) is 0 Å². The lowest BCUT2D eigenvalue weighted by Crippen LogP contribution is -2.36. The van der Waals surface area contributed by atoms with Gasteiger partial charge in [-0.1, -0.05) is 18.2 Å². The van der Waals surface area contributed by atoms with Crippen LogP contribution >= 0.6 is 0 Å². The van der Waals surface area contributed by atoms with Crippen molar-refractivity contribution in [1.29, 1.82) is 0 Å². The van der Waals surface area contributed by atoms with Crippen LogP contribution in [0.3, 0.4) is 0 Å². The Labute approximate surface area is 165 Å². The topological polar surface area (TPSA) is 84.9 Å². The van der Waals surface area contributed by atoms with Gasteiger partial charge in [-0.05, 0) is 48.7 Å². The molecule has 1 N–H and O–H groups in total. The first-order valence-electron chi connectivity index (χ1n) is 9.08. The summed E-state index contributed by atoms with van der Waals surface area (Å²) in [5.41, 5.74) is 2.63. The lowest BCUT2D eigenvalue weighted by Gasteiger charge is -2.28. The number of carbonyl (C=O) groups is 1. The fourth-order valence-electron chi connectivity index (χ4n) is 3.11. The third kappa shape index (κ3) is 4.63. The Morgan fingerprint density at radius 2 is 1.89 bits per heavy atom. The predicted molar refractivity (Wildman–Crippen MR) is 107 cm³/mol. The SMILES string of the molecule is CCS(=O)(=O)N1CCc2ccc(NC(=O)COc3ccccc3OC)cc2C1. The summed E-state index contributed by atoms with van der Waals surface area (Å²) in [4.78, 5) is 12.2. The first kappa shape index (κ1) is 20.2. The zero-order valence-electron chi connectivity index (χ0n) is 16.0. The number of para-hydroxylation sites is 2. The van der Waals surface area contributed by atoms with Crippen molar-refractivity contribution in [3.63, 3.8) is 0 Å². The lowest BCUT2D eigenvalue weighted by atomic mass is 10.0. The number of benzene rings is 2. The Bertz CT molecular complexity index is 959. The number of hydrogen-bond donors (Lipinski definition) is 1. The Kier molecular flexibility index (Phi) is 6.21. The molecule has 0 bridgehead atoms. The van der Waals surface area contributed by atoms with E-state index in [0.29, 0.717) is 36.7 Å². The fraction of sp³-hybridized carbons (Fsp3) is 0.350. The van der Waals surface area contributed by atoms with E-state index in [1.165, 1.54) is 11.4 Å². The molecule has 1 aliphatic rings. The van der Waals surface area contributed by atoms with Gasteiger partial charge in [0, 0.05) is 18.8 Å². The third-order valence-corrected chi connectivity index (χ3v) is 6.48. The van der Waals surface area contributed by atoms with Gasteiger partial charge in [0.15, 0.2) is 18.1 Å². The average Bonchev–Trinajstić information content (AvgIpc) is 2.71. The molecule has 150 valence electrons. The Morgan fingerprint density at radius 1 is 1.14 bits per heavy atom. The van der Waals surface area contributed by atoms with Crippen molar-refractivity contribution in [2.75, 3.05) is 31.3 Å². The molecular weight excluding hydrogens is 380 g/mol. The molecule has 0 atom stereocenters. The minimum absolute atomic E-state index is 0.0824. The monoisotopic (exact) mass is 404 g/mol. The highest BCUT2D eigenvalue weighted by molar-refractivity contribution is 7.89. The number of rotatable bonds is 7. The van der Waals surface area contributed by atoms with Crippen molar-refractivity contribution >= 4 is 21.6 Å². The Morgan fingerprint density at radius 3 is 2.61 bits per heavy atom. The van der Waals surface area contributed by atoms with E-state index in [0.717, 1.165) is 11.1 Å². The molecular formula is C20H24N2O5S. The highest BCUT2D eigenvalue weighted by Gasteiger charge is 2.25. The number of methoxy groups -OCH3 is 1. The van der Waals surface area contributed by atoms with E-state index in [2.05, 4.69) is 5.32 Å². The molecule has 1 aliphatic heterocycles. The molecule has 0 spiro atoms. The van der Waals surface area contributed by atoms with Gasteiger partial charge < -0.3 is 14.8 Å². The molecule has 0 saturated heterocycles. The van der Waals surface area contributed by atoms with Crippen LogP contribution in [0.25, 0.3) is 0 Å². The molecule has 0 fully saturated rings. The molecule has 28 heavy (non-hydrogen) atoms. The van der Waals surface area contributed by atoms with Crippen molar-refractivity contribution in [3.05, 3.63) is 53.6 Å². The first-order chi connectivity index (χ1) is 13.4. The Hall–Kier alpha value is -2.58. The van der Waals surface area contributed by atoms with Crippen molar-refractivity contribution < 1.29 is 22.7 Å². The van der Waals surface area contributed by atoms with E-state index >= 15 is 0 Å². The largest absolute Gasteiger partial charge is 0.493 e. The summed E-state index contributed by atoms with van der Waals surface area (Å²) in [5, 5.41) is 2.79. The van der Waals surface area contributed by atoms with Crippen LogP contribution in [-0.2, 0) is 27.8 Å². The molecule has 0 saturated carbocycles. The zero-order valence-corrected chi connectivity index (χ0v) is 16.8. The van der Waals surface area contributed by atoms with E-state index in [4.69, 9.17) is 9.47 Å². The second-order valence-electron chi connectivity index (χ2n) is 6.46. The highest BCUT2D eigenvalue weighted by Crippen LogP contribution is 2.26. The number of hydrogen-bond acceptors (Lipinski definition) is 5. The van der Waals surface area contributed by atoms with Crippen LogP contribution in [0.5, 0.6) is 11.5 Å². The lowest BCUT2D eigenvalue weighted by molar-refractivity contribution is -0.118. The molecule has 8 heteroatoms. The van der Waals surface area contributed by atoms with E-state index in [-0.39, 0.29) is 18.3 Å². The number of fused-ring (bicyclic) bond motifs is 1. The Balaban J connectivity index is 1.64. The number of sulfonamides is 1. The van der Waals surface area contributed by atoms with Gasteiger partial charge in [-0.2, -0.15) is 4.31 Å². The minimum atomic E-state index is -3.23. The second kappa shape index (κ2) is 8.62. The van der Waals surface area contributed by atoms with E-state index in [1.807, 2.05) is 24.3 Å². The molecule has 7 nitrogen and oxygen atoms in total. The summed E-state index contributed by atoms with van der Waals surface area (Å²) in [6.45, 7) is 2.30. The second-order valence-corrected chi connectivity index (χ2v) is 8.71. The molecule has 1 amide bonds. The fourth-order valence-corrected chi connectivity index (χ4v) is 4.18. The summed E-state index contributed by atoms with van der Waals surface area (Å²) in [6, 6.07) is 12.7. The van der Waals surface area contributed by atoms with Crippen molar-refractivity contribution in [2.45, 2.75) is 19.9 Å². The quantitative estimate of drug-likeness (QED) is 0.766. The predicted octanol–water partition coefficient (Wildman–Crippen LogP) is 2.42. The van der Waals surface area contributed by atoms with Gasteiger partial charge in [-0.3, -0.25) is 4.79 Å². The van der Waals surface area contributed by atoms with Gasteiger partial charge >= 0.3 is 0 Å². The summed E-state index contributed by atoms with van der Waals surface area (Å²) < 4.78 is 36.5. The summed E-state index contributed by atoms with van der Waals surface area (Å²) in [6.07, 6.45) is 0.666. The molecule has 1 heterocycles. The van der Waals surface area contributed by atoms with Crippen molar-refractivity contribution in [3.8, 4) is 11.5 Å². The number of anilines is 1. The number of nitrogens with one attached hydrogen (secondary N) is 1. The number of carbonyl (C=O) groups excluding carboxylic acids is 1. The maximum atomic E-state index is 12.2. The maximum Gasteiger partial charge on any atom is 0.262 e. The van der Waals surface area contributed by atoms with Crippen molar-refractivity contribution in [2.24, 2.45) is 0 Å². The standard InChI is InChI=1S/C20H24N2O5S/c1-3-28(24,25)22-11-10-15-8-9-17(12-16(15)13-22)21-20(23)14-27-19-7-5-4-6-18(19)26-2/h4-9,12H,3,10-11,13-14H2,1-2H3,(H,21,23). The normalized spacial score (nSPS) is 14.2. The van der Waals surface area contributed by atoms with Crippen LogP contribution in [0.4, 0.5) is 5.69 Å². The van der Waals surface area contributed by atoms with Crippen LogP contribution in [0.1, 0.15) is 18.1 Å². The van der Waals surface area contributed by atoms with Crippen LogP contribution < -0.4 is 14.8 Å². The number of nitrogens with zero attached hydrogens (tertiary/aromatic N) is 1. The zero-order chi connectivity index (χ0) is 20.1. The minimum Gasteiger partial charge on any atom is -0.493 e. The van der Waals surface area contributed by atoms with E-state index in [9.17, 15) is 13.2 Å². The molecule has 0 unspecified atom stereocenters. The molecule has 0 aliphatic carbocycles. The van der Waals surface area contributed by atoms with Crippen LogP contribution in [0.2, 0.25) is 0 Å². The number of ether oxygens (including phenoxy) is 2. The van der Waals surface area contributed by atoms with Crippen LogP contribution in [0, 0.1) is 0 Å². The summed E-state index contributed by atoms with van der Waals surface area (Å²) in [7, 11) is -1.69. The molecule has 2 aromatic carbocycles. The molecule has 0 radical (unpaired) electrons. The molecule has 2 aromatic rings. The van der Waals surface area contributed by atoms with Gasteiger partial charge in [0.2, 0.25) is 10.0 Å². The van der Waals surface area contributed by atoms with Gasteiger partial charge in [-0.25, -0.2) is 8.42 Å². The molecule has 3 rings (SSSR count). The van der Waals surface area contributed by atoms with Crippen LogP contribution in [-0.4, -0.2) is 44.6 Å². The number of amides is 1. The highest BCUT2D eigenvalue weighted by atomic mass is 32.2. The summed E-state index contributed by atoms with van der Waals surface area (Å²) >= 11 is 0. The van der Waals surface area contributed by atoms with Crippen molar-refractivity contribution in [1.82, 2.24) is 4.31 Å². The average molecular weight is 404 g/mol. The maximum absolute atomic E-state index is 12.2. The molecule has 0 aromatic heterocycles. The van der Waals surface area contributed by atoms with E-state index in [1.54, 1.807) is 25.1 Å². The summed E-state index contributed by atoms with van der Waals surface area (Å²) in [5.74, 6) is 0.825.